The Morgan fingerprint density at radius 3 is 2.86 bits per heavy atom. The van der Waals surface area contributed by atoms with Gasteiger partial charge in [0, 0.05) is 26.3 Å². The van der Waals surface area contributed by atoms with Crippen LogP contribution in [0.3, 0.4) is 0 Å². The Morgan fingerprint density at radius 2 is 2.21 bits per heavy atom. The molecular formula is C20H34FIN4O2. The van der Waals surface area contributed by atoms with Crippen molar-refractivity contribution in [2.45, 2.75) is 31.9 Å². The number of guanidine groups is 1. The van der Waals surface area contributed by atoms with Gasteiger partial charge in [-0.05, 0) is 51.6 Å². The SMILES string of the molecule is CCNC(=NCC(c1cccc(F)c1)N(C)C)NCCCOC1CCOC1.I. The molecule has 1 saturated heterocycles. The molecule has 0 aliphatic carbocycles. The number of rotatable bonds is 10. The van der Waals surface area contributed by atoms with E-state index in [4.69, 9.17) is 9.47 Å². The van der Waals surface area contributed by atoms with Crippen molar-refractivity contribution in [1.29, 1.82) is 0 Å². The highest BCUT2D eigenvalue weighted by atomic mass is 127. The number of hydrogen-bond donors (Lipinski definition) is 2. The third-order valence-electron chi connectivity index (χ3n) is 4.48. The lowest BCUT2D eigenvalue weighted by Crippen LogP contribution is -2.39. The number of nitrogens with one attached hydrogen (secondary N) is 2. The van der Waals surface area contributed by atoms with E-state index in [1.165, 1.54) is 6.07 Å². The molecule has 6 nitrogen and oxygen atoms in total. The van der Waals surface area contributed by atoms with Gasteiger partial charge in [0.15, 0.2) is 5.96 Å². The number of hydrogen-bond acceptors (Lipinski definition) is 4. The summed E-state index contributed by atoms with van der Waals surface area (Å²) in [6, 6.07) is 6.73. The molecule has 1 aliphatic rings. The van der Waals surface area contributed by atoms with Gasteiger partial charge in [-0.25, -0.2) is 4.39 Å². The number of halogens is 2. The van der Waals surface area contributed by atoms with Crippen molar-refractivity contribution in [3.8, 4) is 0 Å². The summed E-state index contributed by atoms with van der Waals surface area (Å²) in [5.74, 6) is 0.547. The van der Waals surface area contributed by atoms with Crippen LogP contribution in [-0.4, -0.2) is 70.5 Å². The van der Waals surface area contributed by atoms with Crippen molar-refractivity contribution < 1.29 is 13.9 Å². The number of likely N-dealkylation sites (N-methyl/N-ethyl adjacent to an activating group) is 1. The minimum absolute atomic E-state index is 0. The lowest BCUT2D eigenvalue weighted by Gasteiger charge is -2.23. The minimum atomic E-state index is -0.221. The summed E-state index contributed by atoms with van der Waals surface area (Å²) in [5.41, 5.74) is 0.923. The second kappa shape index (κ2) is 14.1. The van der Waals surface area contributed by atoms with Gasteiger partial charge in [-0.2, -0.15) is 0 Å². The fourth-order valence-electron chi connectivity index (χ4n) is 2.97. The maximum atomic E-state index is 13.6. The smallest absolute Gasteiger partial charge is 0.191 e. The summed E-state index contributed by atoms with van der Waals surface area (Å²) in [6.07, 6.45) is 2.14. The molecule has 0 saturated carbocycles. The largest absolute Gasteiger partial charge is 0.379 e. The molecule has 1 heterocycles. The molecule has 8 heteroatoms. The molecule has 0 amide bonds. The Bertz CT molecular complexity index is 583. The molecule has 28 heavy (non-hydrogen) atoms. The highest BCUT2D eigenvalue weighted by Crippen LogP contribution is 2.19. The van der Waals surface area contributed by atoms with Crippen molar-refractivity contribution in [1.82, 2.24) is 15.5 Å². The van der Waals surface area contributed by atoms with Gasteiger partial charge in [-0.1, -0.05) is 12.1 Å². The van der Waals surface area contributed by atoms with E-state index in [0.717, 1.165) is 44.1 Å². The second-order valence-corrected chi connectivity index (χ2v) is 6.89. The van der Waals surface area contributed by atoms with E-state index in [1.54, 1.807) is 12.1 Å². The first-order valence-electron chi connectivity index (χ1n) is 9.73. The van der Waals surface area contributed by atoms with Crippen LogP contribution < -0.4 is 10.6 Å². The maximum Gasteiger partial charge on any atom is 0.191 e. The first-order valence-corrected chi connectivity index (χ1v) is 9.73. The summed E-state index contributed by atoms with van der Waals surface area (Å²) < 4.78 is 24.6. The summed E-state index contributed by atoms with van der Waals surface area (Å²) >= 11 is 0. The standard InChI is InChI=1S/C20H33FN4O2.HI/c1-4-22-20(23-10-6-11-27-18-9-12-26-15-18)24-14-19(25(2)3)16-7-5-8-17(21)13-16;/h5,7-8,13,18-19H,4,6,9-12,14-15H2,1-3H3,(H2,22,23,24);1H. The van der Waals surface area contributed by atoms with Gasteiger partial charge in [0.2, 0.25) is 0 Å². The van der Waals surface area contributed by atoms with Crippen LogP contribution in [0.25, 0.3) is 0 Å². The highest BCUT2D eigenvalue weighted by molar-refractivity contribution is 14.0. The highest BCUT2D eigenvalue weighted by Gasteiger charge is 2.16. The van der Waals surface area contributed by atoms with Crippen LogP contribution >= 0.6 is 24.0 Å². The fraction of sp³-hybridized carbons (Fsp3) is 0.650. The summed E-state index contributed by atoms with van der Waals surface area (Å²) in [7, 11) is 3.96. The van der Waals surface area contributed by atoms with Gasteiger partial charge in [0.25, 0.3) is 0 Å². The average Bonchev–Trinajstić information content (AvgIpc) is 3.14. The van der Waals surface area contributed by atoms with Crippen LogP contribution in [0.5, 0.6) is 0 Å². The molecule has 1 aliphatic heterocycles. The first kappa shape index (κ1) is 25.1. The van der Waals surface area contributed by atoms with Crippen LogP contribution in [-0.2, 0) is 9.47 Å². The van der Waals surface area contributed by atoms with E-state index in [9.17, 15) is 4.39 Å². The van der Waals surface area contributed by atoms with Crippen LogP contribution in [0.2, 0.25) is 0 Å². The van der Waals surface area contributed by atoms with Crippen molar-refractivity contribution in [2.75, 3.05) is 53.6 Å². The van der Waals surface area contributed by atoms with Crippen molar-refractivity contribution >= 4 is 29.9 Å². The van der Waals surface area contributed by atoms with Gasteiger partial charge in [0.1, 0.15) is 5.82 Å². The van der Waals surface area contributed by atoms with Crippen molar-refractivity contribution in [3.05, 3.63) is 35.6 Å². The molecule has 2 atom stereocenters. The van der Waals surface area contributed by atoms with Crippen LogP contribution in [0.15, 0.2) is 29.3 Å². The molecule has 2 unspecified atom stereocenters. The molecular weight excluding hydrogens is 474 g/mol. The maximum absolute atomic E-state index is 13.6. The lowest BCUT2D eigenvalue weighted by atomic mass is 10.1. The molecule has 0 bridgehead atoms. The third-order valence-corrected chi connectivity index (χ3v) is 4.48. The van der Waals surface area contributed by atoms with Crippen molar-refractivity contribution in [3.63, 3.8) is 0 Å². The Balaban J connectivity index is 0.00000392. The van der Waals surface area contributed by atoms with E-state index < -0.39 is 0 Å². The van der Waals surface area contributed by atoms with E-state index in [2.05, 4.69) is 20.5 Å². The Kier molecular flexibility index (Phi) is 12.6. The van der Waals surface area contributed by atoms with E-state index in [0.29, 0.717) is 19.8 Å². The zero-order valence-electron chi connectivity index (χ0n) is 17.1. The van der Waals surface area contributed by atoms with Crippen LogP contribution in [0.4, 0.5) is 4.39 Å². The zero-order chi connectivity index (χ0) is 19.5. The topological polar surface area (TPSA) is 58.1 Å². The number of benzene rings is 1. The Hall–Kier alpha value is -0.970. The van der Waals surface area contributed by atoms with E-state index in [-0.39, 0.29) is 41.9 Å². The Morgan fingerprint density at radius 1 is 1.39 bits per heavy atom. The fourth-order valence-corrected chi connectivity index (χ4v) is 2.97. The van der Waals surface area contributed by atoms with Crippen LogP contribution in [0, 0.1) is 5.82 Å². The number of ether oxygens (including phenoxy) is 2. The molecule has 160 valence electrons. The molecule has 1 aromatic carbocycles. The second-order valence-electron chi connectivity index (χ2n) is 6.89. The quantitative estimate of drug-likeness (QED) is 0.221. The zero-order valence-corrected chi connectivity index (χ0v) is 19.4. The van der Waals surface area contributed by atoms with Gasteiger partial charge in [-0.15, -0.1) is 24.0 Å². The molecule has 1 aromatic rings. The molecule has 2 N–H and O–H groups in total. The average molecular weight is 508 g/mol. The van der Waals surface area contributed by atoms with Gasteiger partial charge >= 0.3 is 0 Å². The molecule has 0 aromatic heterocycles. The number of nitrogens with zero attached hydrogens (tertiary/aromatic N) is 2. The molecule has 0 spiro atoms. The molecule has 2 rings (SSSR count). The summed E-state index contributed by atoms with van der Waals surface area (Å²) in [6.45, 7) is 6.38. The third kappa shape index (κ3) is 9.02. The van der Waals surface area contributed by atoms with Gasteiger partial charge in [-0.3, -0.25) is 4.99 Å². The summed E-state index contributed by atoms with van der Waals surface area (Å²) in [4.78, 5) is 6.74. The lowest BCUT2D eigenvalue weighted by molar-refractivity contribution is 0.0420. The van der Waals surface area contributed by atoms with E-state index >= 15 is 0 Å². The predicted octanol–water partition coefficient (Wildman–Crippen LogP) is 2.80. The molecule has 0 radical (unpaired) electrons. The predicted molar refractivity (Wildman–Crippen MR) is 122 cm³/mol. The normalized spacial score (nSPS) is 18.0. The Labute approximate surface area is 185 Å². The van der Waals surface area contributed by atoms with E-state index in [1.807, 2.05) is 27.1 Å². The monoisotopic (exact) mass is 508 g/mol. The minimum Gasteiger partial charge on any atom is -0.379 e. The van der Waals surface area contributed by atoms with Gasteiger partial charge in [0.05, 0.1) is 25.3 Å². The first-order chi connectivity index (χ1) is 13.1. The number of aliphatic imine (C=N–C) groups is 1. The van der Waals surface area contributed by atoms with Gasteiger partial charge < -0.3 is 25.0 Å². The van der Waals surface area contributed by atoms with Crippen molar-refractivity contribution in [2.24, 2.45) is 4.99 Å². The molecule has 1 fully saturated rings. The summed E-state index contributed by atoms with van der Waals surface area (Å²) in [5, 5.41) is 6.60. The van der Waals surface area contributed by atoms with Crippen LogP contribution in [0.1, 0.15) is 31.4 Å².